The van der Waals surface area contributed by atoms with Crippen LogP contribution < -0.4 is 0 Å². The van der Waals surface area contributed by atoms with Gasteiger partial charge in [0.25, 0.3) is 0 Å². The van der Waals surface area contributed by atoms with Gasteiger partial charge in [0.15, 0.2) is 5.79 Å². The maximum Gasteiger partial charge on any atom is 0.349 e. The minimum Gasteiger partial charge on any atom is -0.462 e. The van der Waals surface area contributed by atoms with Crippen LogP contribution in [0.4, 0.5) is 0 Å². The number of allylic oxidation sites excluding steroid dienone is 2. The van der Waals surface area contributed by atoms with Crippen molar-refractivity contribution in [1.29, 1.82) is 0 Å². The normalized spacial score (nSPS) is 46.2. The molecule has 5 aliphatic rings. The Morgan fingerprint density at radius 3 is 2.59 bits per heavy atom. The number of hydrogen-bond donors (Lipinski definition) is 1. The summed E-state index contributed by atoms with van der Waals surface area (Å²) in [7, 11) is 0. The van der Waals surface area contributed by atoms with Gasteiger partial charge in [-0.3, -0.25) is 0 Å². The Morgan fingerprint density at radius 1 is 1.19 bits per heavy atom. The first-order chi connectivity index (χ1) is 15.1. The molecule has 0 aromatic heterocycles. The quantitative estimate of drug-likeness (QED) is 0.349. The summed E-state index contributed by atoms with van der Waals surface area (Å²) in [5.74, 6) is -0.245. The molecule has 1 saturated heterocycles. The van der Waals surface area contributed by atoms with E-state index in [2.05, 4.69) is 26.8 Å². The number of carbonyl (C=O) groups excluding carboxylic acids is 1. The highest BCUT2D eigenvalue weighted by atomic mass is 35.5. The Morgan fingerprint density at radius 2 is 1.91 bits per heavy atom. The Labute approximate surface area is 196 Å². The Balaban J connectivity index is 1.50. The predicted octanol–water partition coefficient (Wildman–Crippen LogP) is 5.11. The number of halogens is 1. The molecule has 178 valence electrons. The van der Waals surface area contributed by atoms with E-state index in [0.717, 1.165) is 50.5 Å². The summed E-state index contributed by atoms with van der Waals surface area (Å²) in [6.45, 7) is 10.1. The Bertz CT molecular complexity index is 873. The first kappa shape index (κ1) is 22.9. The van der Waals surface area contributed by atoms with Crippen molar-refractivity contribution in [2.45, 2.75) is 84.0 Å². The molecule has 6 heteroatoms. The van der Waals surface area contributed by atoms with Crippen molar-refractivity contribution < 1.29 is 24.1 Å². The zero-order valence-corrected chi connectivity index (χ0v) is 20.6. The summed E-state index contributed by atoms with van der Waals surface area (Å²) in [6, 6.07) is 0. The molecule has 1 heterocycles. The third-order valence-corrected chi connectivity index (χ3v) is 10.3. The molecule has 3 saturated carbocycles. The van der Waals surface area contributed by atoms with Gasteiger partial charge in [-0.05, 0) is 67.8 Å². The van der Waals surface area contributed by atoms with Crippen molar-refractivity contribution >= 4 is 17.6 Å². The van der Waals surface area contributed by atoms with Crippen LogP contribution >= 0.6 is 11.6 Å². The number of esters is 1. The molecule has 0 radical (unpaired) electrons. The Hall–Kier alpha value is -0.880. The first-order valence-electron chi connectivity index (χ1n) is 12.4. The second kappa shape index (κ2) is 7.56. The maximum atomic E-state index is 12.5. The van der Waals surface area contributed by atoms with Gasteiger partial charge in [-0.2, -0.15) is 0 Å². The van der Waals surface area contributed by atoms with Crippen LogP contribution in [-0.4, -0.2) is 42.3 Å². The fraction of sp³-hybridized carbons (Fsp3) is 0.808. The van der Waals surface area contributed by atoms with Crippen LogP contribution in [0.15, 0.2) is 22.3 Å². The van der Waals surface area contributed by atoms with Crippen molar-refractivity contribution in [3.63, 3.8) is 0 Å². The number of rotatable bonds is 2. The molecule has 5 rings (SSSR count). The molecule has 1 spiro atoms. The molecule has 0 amide bonds. The standard InChI is InChI=1S/C26H37ClO5/c1-5-30-22(28)21(27)20-16(2)14-19-18-7-6-17-15-25(31-12-13-32-25)10-9-24(17,4)26(18,29)11-8-23(19,20)3/h6,16,18-19,29H,5,7-15H2,1-4H3/b21-20+/t16-,18-,19-,23-,24-,26+/m0/s1. The lowest BCUT2D eigenvalue weighted by molar-refractivity contribution is -0.218. The minimum absolute atomic E-state index is 0.154. The molecular weight excluding hydrogens is 428 g/mol. The topological polar surface area (TPSA) is 65.0 Å². The average Bonchev–Trinajstić information content (AvgIpc) is 3.31. The molecule has 6 atom stereocenters. The van der Waals surface area contributed by atoms with Gasteiger partial charge in [-0.1, -0.05) is 44.0 Å². The van der Waals surface area contributed by atoms with E-state index in [1.54, 1.807) is 6.92 Å². The van der Waals surface area contributed by atoms with E-state index >= 15 is 0 Å². The summed E-state index contributed by atoms with van der Waals surface area (Å²) in [5, 5.41) is 12.6. The lowest BCUT2D eigenvalue weighted by Gasteiger charge is -2.63. The molecule has 0 aromatic rings. The number of fused-ring (bicyclic) bond motifs is 5. The molecule has 4 fully saturated rings. The molecule has 0 bridgehead atoms. The van der Waals surface area contributed by atoms with Crippen LogP contribution in [0.2, 0.25) is 0 Å². The van der Waals surface area contributed by atoms with Crippen molar-refractivity contribution in [2.24, 2.45) is 28.6 Å². The average molecular weight is 465 g/mol. The summed E-state index contributed by atoms with van der Waals surface area (Å²) in [6.07, 6.45) is 8.19. The van der Waals surface area contributed by atoms with Gasteiger partial charge in [0, 0.05) is 18.3 Å². The van der Waals surface area contributed by atoms with Gasteiger partial charge in [0.05, 0.1) is 25.4 Å². The lowest BCUT2D eigenvalue weighted by Crippen LogP contribution is -2.63. The summed E-state index contributed by atoms with van der Waals surface area (Å²) < 4.78 is 17.3. The summed E-state index contributed by atoms with van der Waals surface area (Å²) >= 11 is 6.64. The SMILES string of the molecule is CCOC(=O)/C(Cl)=C1/[C@@H](C)C[C@H]2[C@@H]3CC=C4CC5(CC[C@]4(C)[C@@]3(O)CC[C@]12C)OCCO5. The van der Waals surface area contributed by atoms with E-state index < -0.39 is 17.4 Å². The van der Waals surface area contributed by atoms with Gasteiger partial charge in [-0.25, -0.2) is 4.79 Å². The summed E-state index contributed by atoms with van der Waals surface area (Å²) in [4.78, 5) is 12.5. The van der Waals surface area contributed by atoms with Gasteiger partial charge < -0.3 is 19.3 Å². The van der Waals surface area contributed by atoms with Gasteiger partial charge in [0.1, 0.15) is 5.03 Å². The van der Waals surface area contributed by atoms with E-state index in [-0.39, 0.29) is 27.7 Å². The van der Waals surface area contributed by atoms with Gasteiger partial charge in [-0.15, -0.1) is 0 Å². The van der Waals surface area contributed by atoms with Crippen LogP contribution in [0, 0.1) is 28.6 Å². The minimum atomic E-state index is -0.757. The van der Waals surface area contributed by atoms with Crippen molar-refractivity contribution in [1.82, 2.24) is 0 Å². The monoisotopic (exact) mass is 464 g/mol. The highest BCUT2D eigenvalue weighted by Crippen LogP contribution is 2.69. The van der Waals surface area contributed by atoms with Crippen molar-refractivity contribution in [2.75, 3.05) is 19.8 Å². The summed E-state index contributed by atoms with van der Waals surface area (Å²) in [5.41, 5.74) is 1.14. The maximum absolute atomic E-state index is 12.5. The van der Waals surface area contributed by atoms with Crippen LogP contribution in [0.5, 0.6) is 0 Å². The van der Waals surface area contributed by atoms with Crippen molar-refractivity contribution in [3.8, 4) is 0 Å². The molecule has 5 nitrogen and oxygen atoms in total. The first-order valence-corrected chi connectivity index (χ1v) is 12.7. The van der Waals surface area contributed by atoms with Gasteiger partial charge in [0.2, 0.25) is 0 Å². The molecule has 1 N–H and O–H groups in total. The second-order valence-corrected chi connectivity index (χ2v) is 11.6. The van der Waals surface area contributed by atoms with E-state index in [1.165, 1.54) is 5.57 Å². The zero-order valence-electron chi connectivity index (χ0n) is 19.8. The molecular formula is C26H37ClO5. The van der Waals surface area contributed by atoms with Gasteiger partial charge >= 0.3 is 5.97 Å². The number of hydrogen-bond acceptors (Lipinski definition) is 5. The molecule has 4 aliphatic carbocycles. The number of ether oxygens (including phenoxy) is 3. The smallest absolute Gasteiger partial charge is 0.349 e. The molecule has 1 aliphatic heterocycles. The van der Waals surface area contributed by atoms with E-state index in [1.807, 2.05) is 0 Å². The van der Waals surface area contributed by atoms with Crippen LogP contribution in [-0.2, 0) is 19.0 Å². The van der Waals surface area contributed by atoms with Crippen molar-refractivity contribution in [3.05, 3.63) is 22.3 Å². The second-order valence-electron chi connectivity index (χ2n) is 11.2. The predicted molar refractivity (Wildman–Crippen MR) is 122 cm³/mol. The largest absolute Gasteiger partial charge is 0.462 e. The third-order valence-electron chi connectivity index (χ3n) is 9.91. The van der Waals surface area contributed by atoms with E-state index in [9.17, 15) is 9.90 Å². The highest BCUT2D eigenvalue weighted by Gasteiger charge is 2.67. The van der Waals surface area contributed by atoms with E-state index in [4.69, 9.17) is 25.8 Å². The Kier molecular flexibility index (Phi) is 5.41. The van der Waals surface area contributed by atoms with E-state index in [0.29, 0.717) is 25.7 Å². The fourth-order valence-corrected chi connectivity index (χ4v) is 8.67. The lowest BCUT2D eigenvalue weighted by atomic mass is 9.45. The fourth-order valence-electron chi connectivity index (χ4n) is 8.21. The zero-order chi connectivity index (χ0) is 22.9. The third kappa shape index (κ3) is 2.97. The molecule has 0 unspecified atom stereocenters. The highest BCUT2D eigenvalue weighted by molar-refractivity contribution is 6.41. The molecule has 0 aromatic carbocycles. The van der Waals surface area contributed by atoms with Crippen LogP contribution in [0.25, 0.3) is 0 Å². The number of aliphatic hydroxyl groups is 1. The van der Waals surface area contributed by atoms with Crippen LogP contribution in [0.1, 0.15) is 72.6 Å². The number of carbonyl (C=O) groups is 1. The molecule has 32 heavy (non-hydrogen) atoms. The van der Waals surface area contributed by atoms with Crippen LogP contribution in [0.3, 0.4) is 0 Å².